The van der Waals surface area contributed by atoms with Crippen molar-refractivity contribution in [2.24, 2.45) is 0 Å². The fraction of sp³-hybridized carbons (Fsp3) is 0.160. The lowest BCUT2D eigenvalue weighted by molar-refractivity contribution is 0.340. The van der Waals surface area contributed by atoms with E-state index in [4.69, 9.17) is 4.74 Å². The molecule has 0 bridgehead atoms. The molecule has 5 rings (SSSR count). The highest BCUT2D eigenvalue weighted by molar-refractivity contribution is 7.09. The molecule has 0 aliphatic rings. The first-order chi connectivity index (χ1) is 15.7. The highest BCUT2D eigenvalue weighted by Crippen LogP contribution is 2.33. The molecule has 0 aliphatic heterocycles. The van der Waals surface area contributed by atoms with Crippen molar-refractivity contribution in [3.63, 3.8) is 0 Å². The largest absolute Gasteiger partial charge is 0.494 e. The number of fused-ring (bicyclic) bond motifs is 1. The van der Waals surface area contributed by atoms with E-state index in [0.29, 0.717) is 13.2 Å². The van der Waals surface area contributed by atoms with Gasteiger partial charge in [0.05, 0.1) is 30.4 Å². The van der Waals surface area contributed by atoms with E-state index in [0.717, 1.165) is 39.5 Å². The minimum Gasteiger partial charge on any atom is -0.494 e. The lowest BCUT2D eigenvalue weighted by Crippen LogP contribution is -2.17. The van der Waals surface area contributed by atoms with Crippen LogP contribution in [0.2, 0.25) is 0 Å². The molecule has 0 atom stereocenters. The minimum absolute atomic E-state index is 0.642. The Kier molecular flexibility index (Phi) is 5.56. The first-order valence-corrected chi connectivity index (χ1v) is 11.4. The van der Waals surface area contributed by atoms with Gasteiger partial charge in [-0.2, -0.15) is 5.10 Å². The highest BCUT2D eigenvalue weighted by atomic mass is 32.1. The summed E-state index contributed by atoms with van der Waals surface area (Å²) in [6.07, 6.45) is 3.47. The van der Waals surface area contributed by atoms with Crippen LogP contribution in [0.25, 0.3) is 16.7 Å². The lowest BCUT2D eigenvalue weighted by Gasteiger charge is -2.24. The van der Waals surface area contributed by atoms with Gasteiger partial charge in [0.15, 0.2) is 5.65 Å². The number of aryl methyl sites for hydroxylation is 1. The van der Waals surface area contributed by atoms with Crippen molar-refractivity contribution >= 4 is 33.9 Å². The van der Waals surface area contributed by atoms with Crippen LogP contribution in [0.5, 0.6) is 5.75 Å². The van der Waals surface area contributed by atoms with Crippen molar-refractivity contribution < 1.29 is 4.74 Å². The summed E-state index contributed by atoms with van der Waals surface area (Å²) < 4.78 is 7.52. The summed E-state index contributed by atoms with van der Waals surface area (Å²) in [7, 11) is 0. The van der Waals surface area contributed by atoms with Crippen molar-refractivity contribution in [1.82, 2.24) is 19.7 Å². The van der Waals surface area contributed by atoms with Crippen LogP contribution >= 0.6 is 11.3 Å². The Morgan fingerprint density at radius 3 is 2.59 bits per heavy atom. The van der Waals surface area contributed by atoms with E-state index in [9.17, 15) is 0 Å². The normalized spacial score (nSPS) is 11.1. The van der Waals surface area contributed by atoms with E-state index >= 15 is 0 Å². The molecule has 0 unspecified atom stereocenters. The van der Waals surface area contributed by atoms with Crippen LogP contribution in [0.15, 0.2) is 78.6 Å². The number of ether oxygens (including phenoxy) is 1. The van der Waals surface area contributed by atoms with E-state index in [1.807, 2.05) is 42.1 Å². The van der Waals surface area contributed by atoms with Crippen LogP contribution in [-0.4, -0.2) is 26.4 Å². The van der Waals surface area contributed by atoms with Crippen molar-refractivity contribution in [1.29, 1.82) is 0 Å². The standard InChI is InChI=1S/C25H23N5OS/c1-3-31-20-12-10-19(11-13-20)29(16-21-8-6-14-32-21)24-22-15-28-30(25(22)27-17-26-24)23-9-5-4-7-18(23)2/h4-15,17H,3,16H2,1-2H3. The minimum atomic E-state index is 0.642. The van der Waals surface area contributed by atoms with Gasteiger partial charge < -0.3 is 9.64 Å². The molecule has 0 fully saturated rings. The fourth-order valence-electron chi connectivity index (χ4n) is 3.76. The molecule has 0 aliphatic carbocycles. The predicted octanol–water partition coefficient (Wildman–Crippen LogP) is 5.92. The van der Waals surface area contributed by atoms with Gasteiger partial charge >= 0.3 is 0 Å². The second kappa shape index (κ2) is 8.80. The van der Waals surface area contributed by atoms with Gasteiger partial charge in [0.2, 0.25) is 0 Å². The average Bonchev–Trinajstić information content (AvgIpc) is 3.49. The number of hydrogen-bond donors (Lipinski definition) is 0. The number of para-hydroxylation sites is 1. The fourth-order valence-corrected chi connectivity index (χ4v) is 4.45. The SMILES string of the molecule is CCOc1ccc(N(Cc2cccs2)c2ncnc3c2cnn3-c2ccccc2C)cc1. The molecule has 3 aromatic heterocycles. The third kappa shape index (κ3) is 3.83. The summed E-state index contributed by atoms with van der Waals surface area (Å²) in [6.45, 7) is 5.41. The Morgan fingerprint density at radius 2 is 1.84 bits per heavy atom. The third-order valence-electron chi connectivity index (χ3n) is 5.30. The van der Waals surface area contributed by atoms with Crippen LogP contribution in [-0.2, 0) is 6.54 Å². The second-order valence-electron chi connectivity index (χ2n) is 7.37. The Hall–Kier alpha value is -3.71. The summed E-state index contributed by atoms with van der Waals surface area (Å²) in [6, 6.07) is 20.5. The van der Waals surface area contributed by atoms with Gasteiger partial charge in [-0.3, -0.25) is 0 Å². The molecule has 0 radical (unpaired) electrons. The zero-order valence-corrected chi connectivity index (χ0v) is 18.8. The molecule has 2 aromatic carbocycles. The number of thiophene rings is 1. The molecule has 0 spiro atoms. The maximum atomic E-state index is 5.63. The van der Waals surface area contributed by atoms with Gasteiger partial charge in [0, 0.05) is 10.6 Å². The van der Waals surface area contributed by atoms with Crippen LogP contribution in [0.3, 0.4) is 0 Å². The second-order valence-corrected chi connectivity index (χ2v) is 8.40. The van der Waals surface area contributed by atoms with E-state index in [1.165, 1.54) is 4.88 Å². The van der Waals surface area contributed by atoms with Crippen molar-refractivity contribution in [2.75, 3.05) is 11.5 Å². The lowest BCUT2D eigenvalue weighted by atomic mass is 10.2. The number of benzene rings is 2. The quantitative estimate of drug-likeness (QED) is 0.314. The number of nitrogens with zero attached hydrogens (tertiary/aromatic N) is 5. The van der Waals surface area contributed by atoms with Crippen molar-refractivity contribution in [3.05, 3.63) is 89.0 Å². The molecule has 32 heavy (non-hydrogen) atoms. The van der Waals surface area contributed by atoms with E-state index < -0.39 is 0 Å². The topological polar surface area (TPSA) is 56.1 Å². The summed E-state index contributed by atoms with van der Waals surface area (Å²) in [5.74, 6) is 1.68. The molecule has 5 aromatic rings. The Bertz CT molecular complexity index is 1330. The maximum absolute atomic E-state index is 5.63. The number of anilines is 2. The van der Waals surface area contributed by atoms with Crippen LogP contribution in [0, 0.1) is 6.92 Å². The molecular weight excluding hydrogens is 418 g/mol. The zero-order valence-electron chi connectivity index (χ0n) is 18.0. The molecule has 3 heterocycles. The highest BCUT2D eigenvalue weighted by Gasteiger charge is 2.19. The third-order valence-corrected chi connectivity index (χ3v) is 6.16. The average molecular weight is 442 g/mol. The molecule has 0 N–H and O–H groups in total. The maximum Gasteiger partial charge on any atom is 0.168 e. The van der Waals surface area contributed by atoms with Crippen LogP contribution < -0.4 is 9.64 Å². The number of rotatable bonds is 7. The van der Waals surface area contributed by atoms with Crippen molar-refractivity contribution in [2.45, 2.75) is 20.4 Å². The summed E-state index contributed by atoms with van der Waals surface area (Å²) >= 11 is 1.73. The smallest absolute Gasteiger partial charge is 0.168 e. The summed E-state index contributed by atoms with van der Waals surface area (Å²) in [4.78, 5) is 12.7. The summed E-state index contributed by atoms with van der Waals surface area (Å²) in [5.41, 5.74) is 3.97. The van der Waals surface area contributed by atoms with E-state index in [1.54, 1.807) is 17.7 Å². The molecule has 160 valence electrons. The van der Waals surface area contributed by atoms with Gasteiger partial charge in [-0.05, 0) is 61.2 Å². The van der Waals surface area contributed by atoms with Gasteiger partial charge in [-0.25, -0.2) is 14.6 Å². The first-order valence-electron chi connectivity index (χ1n) is 10.5. The number of hydrogen-bond acceptors (Lipinski definition) is 6. The first kappa shape index (κ1) is 20.2. The van der Waals surface area contributed by atoms with Crippen LogP contribution in [0.4, 0.5) is 11.5 Å². The monoisotopic (exact) mass is 441 g/mol. The van der Waals surface area contributed by atoms with Crippen LogP contribution in [0.1, 0.15) is 17.4 Å². The molecule has 0 amide bonds. The molecule has 6 nitrogen and oxygen atoms in total. The predicted molar refractivity (Wildman–Crippen MR) is 129 cm³/mol. The Morgan fingerprint density at radius 1 is 1.00 bits per heavy atom. The van der Waals surface area contributed by atoms with Gasteiger partial charge in [0.25, 0.3) is 0 Å². The van der Waals surface area contributed by atoms with Gasteiger partial charge in [0.1, 0.15) is 17.9 Å². The van der Waals surface area contributed by atoms with Crippen molar-refractivity contribution in [3.8, 4) is 11.4 Å². The molecule has 0 saturated heterocycles. The molecular formula is C25H23N5OS. The van der Waals surface area contributed by atoms with E-state index in [2.05, 4.69) is 68.7 Å². The molecule has 7 heteroatoms. The Balaban J connectivity index is 1.62. The molecule has 0 saturated carbocycles. The van der Waals surface area contributed by atoms with E-state index in [-0.39, 0.29) is 0 Å². The number of aromatic nitrogens is 4. The van der Waals surface area contributed by atoms with Gasteiger partial charge in [-0.15, -0.1) is 11.3 Å². The zero-order chi connectivity index (χ0) is 21.9. The Labute approximate surface area is 190 Å². The summed E-state index contributed by atoms with van der Waals surface area (Å²) in [5, 5.41) is 7.67. The van der Waals surface area contributed by atoms with Gasteiger partial charge in [-0.1, -0.05) is 24.3 Å².